The van der Waals surface area contributed by atoms with E-state index in [1.807, 2.05) is 0 Å². The van der Waals surface area contributed by atoms with Gasteiger partial charge in [0.25, 0.3) is 0 Å². The lowest BCUT2D eigenvalue weighted by molar-refractivity contribution is -0.137. The number of hydrogen-bond acceptors (Lipinski definition) is 2. The number of aliphatic hydroxyl groups is 1. The fraction of sp³-hybridized carbons (Fsp3) is 0.182. The molecule has 1 aromatic heterocycles. The van der Waals surface area contributed by atoms with E-state index in [-0.39, 0.29) is 12.3 Å². The molecule has 0 aliphatic heterocycles. The molecular formula is C11H9F3N2O. The quantitative estimate of drug-likeness (QED) is 0.878. The minimum Gasteiger partial charge on any atom is -0.390 e. The number of hydrogen-bond donors (Lipinski definition) is 1. The summed E-state index contributed by atoms with van der Waals surface area (Å²) in [5.41, 5.74) is -0.561. The van der Waals surface area contributed by atoms with Crippen LogP contribution in [0.2, 0.25) is 0 Å². The lowest BCUT2D eigenvalue weighted by atomic mass is 10.1. The maximum Gasteiger partial charge on any atom is 0.418 e. The Bertz CT molecular complexity index is 519. The predicted octanol–water partition coefficient (Wildman–Crippen LogP) is 2.38. The minimum absolute atomic E-state index is 0.0888. The fourth-order valence-electron chi connectivity index (χ4n) is 1.57. The SMILES string of the molecule is OCc1ccnn1-c1ccccc1C(F)(F)F. The molecule has 1 heterocycles. The molecule has 0 atom stereocenters. The maximum absolute atomic E-state index is 12.8. The van der Waals surface area contributed by atoms with Crippen LogP contribution in [0.3, 0.4) is 0 Å². The first-order valence-corrected chi connectivity index (χ1v) is 4.84. The van der Waals surface area contributed by atoms with E-state index in [0.717, 1.165) is 10.7 Å². The van der Waals surface area contributed by atoms with Gasteiger partial charge >= 0.3 is 6.18 Å². The van der Waals surface area contributed by atoms with Crippen LogP contribution in [-0.4, -0.2) is 14.9 Å². The molecule has 0 radical (unpaired) electrons. The second-order valence-electron chi connectivity index (χ2n) is 3.41. The lowest BCUT2D eigenvalue weighted by Gasteiger charge is -2.13. The standard InChI is InChI=1S/C11H9F3N2O/c12-11(13,14)9-3-1-2-4-10(9)16-8(7-17)5-6-15-16/h1-6,17H,7H2. The van der Waals surface area contributed by atoms with Gasteiger partial charge in [-0.3, -0.25) is 0 Å². The number of halogens is 3. The minimum atomic E-state index is -4.45. The van der Waals surface area contributed by atoms with Gasteiger partial charge in [-0.15, -0.1) is 0 Å². The monoisotopic (exact) mass is 242 g/mol. The number of aromatic nitrogens is 2. The van der Waals surface area contributed by atoms with Gasteiger partial charge < -0.3 is 5.11 Å². The van der Waals surface area contributed by atoms with Crippen LogP contribution in [0.15, 0.2) is 36.5 Å². The molecule has 0 amide bonds. The highest BCUT2D eigenvalue weighted by Gasteiger charge is 2.34. The zero-order valence-corrected chi connectivity index (χ0v) is 8.65. The van der Waals surface area contributed by atoms with Crippen molar-refractivity contribution in [2.75, 3.05) is 0 Å². The molecule has 90 valence electrons. The highest BCUT2D eigenvalue weighted by atomic mass is 19.4. The van der Waals surface area contributed by atoms with Crippen molar-refractivity contribution in [3.8, 4) is 5.69 Å². The maximum atomic E-state index is 12.8. The molecule has 3 nitrogen and oxygen atoms in total. The van der Waals surface area contributed by atoms with E-state index in [4.69, 9.17) is 5.11 Å². The molecule has 0 saturated heterocycles. The Morgan fingerprint density at radius 2 is 1.88 bits per heavy atom. The van der Waals surface area contributed by atoms with Crippen molar-refractivity contribution in [3.05, 3.63) is 47.8 Å². The summed E-state index contributed by atoms with van der Waals surface area (Å²) in [5, 5.41) is 12.8. The molecule has 17 heavy (non-hydrogen) atoms. The van der Waals surface area contributed by atoms with Crippen molar-refractivity contribution < 1.29 is 18.3 Å². The summed E-state index contributed by atoms with van der Waals surface area (Å²) >= 11 is 0. The van der Waals surface area contributed by atoms with Gasteiger partial charge in [-0.2, -0.15) is 18.3 Å². The summed E-state index contributed by atoms with van der Waals surface area (Å²) in [5.74, 6) is 0. The van der Waals surface area contributed by atoms with Crippen LogP contribution in [0.1, 0.15) is 11.3 Å². The highest BCUT2D eigenvalue weighted by molar-refractivity contribution is 5.43. The van der Waals surface area contributed by atoms with E-state index >= 15 is 0 Å². The summed E-state index contributed by atoms with van der Waals surface area (Å²) < 4.78 is 39.4. The molecular weight excluding hydrogens is 233 g/mol. The van der Waals surface area contributed by atoms with Crippen molar-refractivity contribution in [1.29, 1.82) is 0 Å². The van der Waals surface area contributed by atoms with Gasteiger partial charge in [-0.05, 0) is 18.2 Å². The first kappa shape index (κ1) is 11.7. The lowest BCUT2D eigenvalue weighted by Crippen LogP contribution is -2.12. The van der Waals surface area contributed by atoms with Crippen molar-refractivity contribution in [3.63, 3.8) is 0 Å². The Balaban J connectivity index is 2.60. The summed E-state index contributed by atoms with van der Waals surface area (Å²) in [6.07, 6.45) is -3.10. The topological polar surface area (TPSA) is 38.1 Å². The molecule has 1 N–H and O–H groups in total. The van der Waals surface area contributed by atoms with E-state index < -0.39 is 11.7 Å². The third-order valence-corrected chi connectivity index (χ3v) is 2.32. The van der Waals surface area contributed by atoms with Crippen LogP contribution in [0.5, 0.6) is 0 Å². The number of benzene rings is 1. The normalized spacial score (nSPS) is 11.8. The molecule has 0 unspecified atom stereocenters. The predicted molar refractivity (Wildman–Crippen MR) is 54.5 cm³/mol. The van der Waals surface area contributed by atoms with Crippen molar-refractivity contribution in [1.82, 2.24) is 9.78 Å². The number of nitrogens with zero attached hydrogens (tertiary/aromatic N) is 2. The van der Waals surface area contributed by atoms with Crippen molar-refractivity contribution in [2.24, 2.45) is 0 Å². The molecule has 0 bridgehead atoms. The van der Waals surface area contributed by atoms with Gasteiger partial charge in [-0.25, -0.2) is 4.68 Å². The van der Waals surface area contributed by atoms with E-state index in [1.165, 1.54) is 30.5 Å². The Labute approximate surface area is 95.1 Å². The van der Waals surface area contributed by atoms with Gasteiger partial charge in [0.2, 0.25) is 0 Å². The smallest absolute Gasteiger partial charge is 0.390 e. The van der Waals surface area contributed by atoms with Crippen LogP contribution in [0, 0.1) is 0 Å². The molecule has 0 aliphatic rings. The van der Waals surface area contributed by atoms with Crippen LogP contribution in [-0.2, 0) is 12.8 Å². The number of alkyl halides is 3. The third kappa shape index (κ3) is 2.16. The van der Waals surface area contributed by atoms with Crippen LogP contribution in [0.25, 0.3) is 5.69 Å². The van der Waals surface area contributed by atoms with Gasteiger partial charge in [0.15, 0.2) is 0 Å². The Kier molecular flexibility index (Phi) is 2.89. The van der Waals surface area contributed by atoms with Gasteiger partial charge in [0.05, 0.1) is 23.6 Å². The third-order valence-electron chi connectivity index (χ3n) is 2.32. The zero-order valence-electron chi connectivity index (χ0n) is 8.65. The van der Waals surface area contributed by atoms with E-state index in [1.54, 1.807) is 0 Å². The van der Waals surface area contributed by atoms with E-state index in [2.05, 4.69) is 5.10 Å². The molecule has 0 fully saturated rings. The summed E-state index contributed by atoms with van der Waals surface area (Å²) in [6.45, 7) is -0.369. The number of rotatable bonds is 2. The summed E-state index contributed by atoms with van der Waals surface area (Å²) in [4.78, 5) is 0. The zero-order chi connectivity index (χ0) is 12.5. The van der Waals surface area contributed by atoms with E-state index in [9.17, 15) is 13.2 Å². The van der Waals surface area contributed by atoms with Crippen molar-refractivity contribution >= 4 is 0 Å². The van der Waals surface area contributed by atoms with Gasteiger partial charge in [0, 0.05) is 6.20 Å². The largest absolute Gasteiger partial charge is 0.418 e. The van der Waals surface area contributed by atoms with Crippen LogP contribution >= 0.6 is 0 Å². The summed E-state index contributed by atoms with van der Waals surface area (Å²) in [6, 6.07) is 6.57. The average Bonchev–Trinajstić information content (AvgIpc) is 2.75. The van der Waals surface area contributed by atoms with E-state index in [0.29, 0.717) is 5.69 Å². The second kappa shape index (κ2) is 4.21. The molecule has 0 spiro atoms. The molecule has 2 rings (SSSR count). The molecule has 0 saturated carbocycles. The van der Waals surface area contributed by atoms with Crippen LogP contribution in [0.4, 0.5) is 13.2 Å². The fourth-order valence-corrected chi connectivity index (χ4v) is 1.57. The molecule has 6 heteroatoms. The number of para-hydroxylation sites is 1. The van der Waals surface area contributed by atoms with Gasteiger partial charge in [-0.1, -0.05) is 12.1 Å². The average molecular weight is 242 g/mol. The first-order chi connectivity index (χ1) is 8.04. The summed E-state index contributed by atoms with van der Waals surface area (Å²) in [7, 11) is 0. The van der Waals surface area contributed by atoms with Crippen molar-refractivity contribution in [2.45, 2.75) is 12.8 Å². The Morgan fingerprint density at radius 3 is 2.53 bits per heavy atom. The second-order valence-corrected chi connectivity index (χ2v) is 3.41. The molecule has 2 aromatic rings. The Hall–Kier alpha value is -1.82. The molecule has 1 aromatic carbocycles. The molecule has 0 aliphatic carbocycles. The van der Waals surface area contributed by atoms with Crippen LogP contribution < -0.4 is 0 Å². The number of aliphatic hydroxyl groups excluding tert-OH is 1. The van der Waals surface area contributed by atoms with Gasteiger partial charge in [0.1, 0.15) is 0 Å². The highest BCUT2D eigenvalue weighted by Crippen LogP contribution is 2.33. The first-order valence-electron chi connectivity index (χ1n) is 4.84. The Morgan fingerprint density at radius 1 is 1.18 bits per heavy atom.